The van der Waals surface area contributed by atoms with Crippen LogP contribution in [0.5, 0.6) is 0 Å². The fraction of sp³-hybridized carbons (Fsp3) is 0.522. The van der Waals surface area contributed by atoms with E-state index >= 15 is 0 Å². The Kier molecular flexibility index (Phi) is 6.20. The molecule has 0 radical (unpaired) electrons. The van der Waals surface area contributed by atoms with Gasteiger partial charge in [-0.15, -0.1) is 0 Å². The van der Waals surface area contributed by atoms with Gasteiger partial charge in [-0.3, -0.25) is 0 Å². The van der Waals surface area contributed by atoms with Crippen molar-refractivity contribution in [2.45, 2.75) is 49.7 Å². The minimum Gasteiger partial charge on any atom is -0.616 e. The molecule has 5 rings (SSSR count). The van der Waals surface area contributed by atoms with E-state index in [1.165, 1.54) is 12.8 Å². The van der Waals surface area contributed by atoms with Gasteiger partial charge in [-0.25, -0.2) is 13.8 Å². The molecule has 2 aromatic rings. The van der Waals surface area contributed by atoms with Gasteiger partial charge in [-0.2, -0.15) is 0 Å². The monoisotopic (exact) mass is 499 g/mol. The number of rotatable bonds is 6. The maximum Gasteiger partial charge on any atom is 0.251 e. The molecule has 1 saturated carbocycles. The molecule has 1 aromatic heterocycles. The Hall–Kier alpha value is -1.28. The lowest BCUT2D eigenvalue weighted by atomic mass is 10.0. The van der Waals surface area contributed by atoms with Crippen molar-refractivity contribution < 1.29 is 13.3 Å². The topological polar surface area (TPSA) is 55.0 Å². The smallest absolute Gasteiger partial charge is 0.251 e. The number of H-pyrrole nitrogens is 1. The second kappa shape index (κ2) is 8.82. The van der Waals surface area contributed by atoms with Crippen molar-refractivity contribution in [1.82, 2.24) is 9.97 Å². The van der Waals surface area contributed by atoms with Gasteiger partial charge in [0.1, 0.15) is 16.8 Å². The van der Waals surface area contributed by atoms with E-state index in [0.717, 1.165) is 23.6 Å². The second-order valence-electron chi connectivity index (χ2n) is 9.02. The molecule has 2 atom stereocenters. The van der Waals surface area contributed by atoms with E-state index in [1.54, 1.807) is 6.07 Å². The lowest BCUT2D eigenvalue weighted by Gasteiger charge is -2.34. The maximum atomic E-state index is 13.6. The van der Waals surface area contributed by atoms with Gasteiger partial charge in [0.15, 0.2) is 0 Å². The van der Waals surface area contributed by atoms with Crippen molar-refractivity contribution in [3.05, 3.63) is 45.7 Å². The number of nitrogens with one attached hydrogen (secondary N) is 1. The van der Waals surface area contributed by atoms with Crippen LogP contribution in [-0.4, -0.2) is 44.5 Å². The molecule has 1 aliphatic heterocycles. The number of imidazole rings is 1. The molecule has 172 valence electrons. The van der Waals surface area contributed by atoms with E-state index in [9.17, 15) is 13.3 Å². The number of allylic oxidation sites excluding steroid dienone is 3. The number of hydrogen-bond donors (Lipinski definition) is 1. The van der Waals surface area contributed by atoms with Gasteiger partial charge < -0.3 is 14.4 Å². The molecule has 1 saturated heterocycles. The number of anilines is 1. The summed E-state index contributed by atoms with van der Waals surface area (Å²) < 4.78 is 39.6. The highest BCUT2D eigenvalue weighted by atomic mass is 35.5. The summed E-state index contributed by atoms with van der Waals surface area (Å²) in [5.41, 5.74) is 3.03. The van der Waals surface area contributed by atoms with E-state index in [0.29, 0.717) is 39.1 Å². The van der Waals surface area contributed by atoms with Gasteiger partial charge in [0, 0.05) is 44.7 Å². The molecule has 0 amide bonds. The number of fused-ring (bicyclic) bond motifs is 1. The Balaban J connectivity index is 1.30. The first kappa shape index (κ1) is 22.5. The summed E-state index contributed by atoms with van der Waals surface area (Å²) >= 11 is 12.3. The SMILES string of the molecule is [O-][S+](CC1CC1)C1C=CC(Cc2nc3cc(Cl)c(N4CCC(F)(F)CC4)c(Cl)c3[nH]2)=CC1. The standard InChI is InChI=1S/C23H25Cl2F2N3OS/c24-17-12-18-21(20(25)22(17)30-9-7-23(26,27)8-10-30)29-19(28-18)11-14-3-5-16(6-4-14)32(31)13-15-1-2-15/h3-5,12,15-16H,1-2,6-11,13H2,(H,28,29). The number of hydrogen-bond acceptors (Lipinski definition) is 3. The lowest BCUT2D eigenvalue weighted by molar-refractivity contribution is -0.0220. The Labute approximate surface area is 199 Å². The number of alkyl halides is 2. The van der Waals surface area contributed by atoms with E-state index in [4.69, 9.17) is 23.2 Å². The molecule has 9 heteroatoms. The summed E-state index contributed by atoms with van der Waals surface area (Å²) in [7, 11) is 0. The molecule has 0 spiro atoms. The summed E-state index contributed by atoms with van der Waals surface area (Å²) in [6.07, 6.45) is 9.63. The predicted molar refractivity (Wildman–Crippen MR) is 128 cm³/mol. The van der Waals surface area contributed by atoms with Gasteiger partial charge >= 0.3 is 0 Å². The Morgan fingerprint density at radius 3 is 2.66 bits per heavy atom. The zero-order valence-electron chi connectivity index (χ0n) is 17.6. The quantitative estimate of drug-likeness (QED) is 0.491. The number of aromatic nitrogens is 2. The van der Waals surface area contributed by atoms with Crippen LogP contribution in [0.1, 0.15) is 37.9 Å². The average Bonchev–Trinajstić information content (AvgIpc) is 3.47. The number of benzene rings is 1. The molecule has 2 fully saturated rings. The first-order valence-electron chi connectivity index (χ1n) is 11.0. The maximum absolute atomic E-state index is 13.6. The van der Waals surface area contributed by atoms with Gasteiger partial charge in [0.2, 0.25) is 0 Å². The average molecular weight is 500 g/mol. The van der Waals surface area contributed by atoms with Crippen LogP contribution < -0.4 is 4.90 Å². The van der Waals surface area contributed by atoms with Crippen LogP contribution in [-0.2, 0) is 17.6 Å². The van der Waals surface area contributed by atoms with E-state index in [2.05, 4.69) is 22.1 Å². The summed E-state index contributed by atoms with van der Waals surface area (Å²) in [6, 6.07) is 1.74. The first-order chi connectivity index (χ1) is 15.3. The van der Waals surface area contributed by atoms with Crippen molar-refractivity contribution in [2.75, 3.05) is 23.7 Å². The molecule has 3 aliphatic rings. The Morgan fingerprint density at radius 1 is 1.25 bits per heavy atom. The normalized spacial score (nSPS) is 24.1. The number of aromatic amines is 1. The van der Waals surface area contributed by atoms with Crippen LogP contribution >= 0.6 is 23.2 Å². The highest BCUT2D eigenvalue weighted by Gasteiger charge is 2.35. The summed E-state index contributed by atoms with van der Waals surface area (Å²) in [4.78, 5) is 9.76. The van der Waals surface area contributed by atoms with Gasteiger partial charge in [0.25, 0.3) is 5.92 Å². The molecule has 0 bridgehead atoms. The summed E-state index contributed by atoms with van der Waals surface area (Å²) in [5.74, 6) is -0.398. The molecule has 32 heavy (non-hydrogen) atoms. The van der Waals surface area contributed by atoms with E-state index in [-0.39, 0.29) is 31.2 Å². The molecular formula is C23H25Cl2F2N3OS. The van der Waals surface area contributed by atoms with Crippen molar-refractivity contribution in [3.8, 4) is 0 Å². The molecule has 2 aliphatic carbocycles. The first-order valence-corrected chi connectivity index (χ1v) is 13.2. The van der Waals surface area contributed by atoms with Crippen LogP contribution in [0.2, 0.25) is 10.0 Å². The molecular weight excluding hydrogens is 475 g/mol. The minimum absolute atomic E-state index is 0.0998. The fourth-order valence-corrected chi connectivity index (χ4v) is 6.70. The Morgan fingerprint density at radius 2 is 2.00 bits per heavy atom. The lowest BCUT2D eigenvalue weighted by Crippen LogP contribution is -2.39. The van der Waals surface area contributed by atoms with Gasteiger partial charge in [-0.1, -0.05) is 35.4 Å². The summed E-state index contributed by atoms with van der Waals surface area (Å²) in [5, 5.41) is 0.937. The van der Waals surface area contributed by atoms with Crippen LogP contribution in [0.4, 0.5) is 14.5 Å². The third-order valence-corrected chi connectivity index (χ3v) is 8.93. The van der Waals surface area contributed by atoms with Gasteiger partial charge in [-0.05, 0) is 41.7 Å². The molecule has 1 N–H and O–H groups in total. The molecule has 1 aromatic carbocycles. The van der Waals surface area contributed by atoms with Crippen molar-refractivity contribution in [3.63, 3.8) is 0 Å². The van der Waals surface area contributed by atoms with Crippen LogP contribution in [0, 0.1) is 5.92 Å². The van der Waals surface area contributed by atoms with E-state index < -0.39 is 17.1 Å². The highest BCUT2D eigenvalue weighted by molar-refractivity contribution is 7.92. The zero-order chi connectivity index (χ0) is 22.5. The summed E-state index contributed by atoms with van der Waals surface area (Å²) in [6.45, 7) is 0.416. The van der Waals surface area contributed by atoms with Crippen LogP contribution in [0.3, 0.4) is 0 Å². The van der Waals surface area contributed by atoms with Crippen LogP contribution in [0.15, 0.2) is 29.9 Å². The number of halogens is 4. The minimum atomic E-state index is -2.63. The molecule has 4 nitrogen and oxygen atoms in total. The fourth-order valence-electron chi connectivity index (χ4n) is 4.36. The molecule has 2 unspecified atom stereocenters. The van der Waals surface area contributed by atoms with E-state index in [1.807, 2.05) is 11.0 Å². The van der Waals surface area contributed by atoms with Crippen molar-refractivity contribution in [1.29, 1.82) is 0 Å². The highest BCUT2D eigenvalue weighted by Crippen LogP contribution is 2.42. The van der Waals surface area contributed by atoms with Crippen molar-refractivity contribution >= 4 is 51.1 Å². The van der Waals surface area contributed by atoms with Crippen LogP contribution in [0.25, 0.3) is 11.0 Å². The number of nitrogens with zero attached hydrogens (tertiary/aromatic N) is 2. The zero-order valence-corrected chi connectivity index (χ0v) is 19.9. The number of piperidine rings is 1. The predicted octanol–water partition coefficient (Wildman–Crippen LogP) is 6.06. The third-order valence-electron chi connectivity index (χ3n) is 6.45. The molecule has 2 heterocycles. The third kappa shape index (κ3) is 4.81. The Bertz CT molecular complexity index is 1070. The second-order valence-corrected chi connectivity index (χ2v) is 11.5. The largest absolute Gasteiger partial charge is 0.616 e. The van der Waals surface area contributed by atoms with Gasteiger partial charge in [0.05, 0.1) is 26.8 Å². The van der Waals surface area contributed by atoms with Crippen molar-refractivity contribution in [2.24, 2.45) is 5.92 Å².